The molecule has 3 rings (SSSR count). The van der Waals surface area contributed by atoms with E-state index in [1.165, 1.54) is 17.7 Å². The van der Waals surface area contributed by atoms with Gasteiger partial charge in [0.15, 0.2) is 0 Å². The highest BCUT2D eigenvalue weighted by Gasteiger charge is 2.19. The van der Waals surface area contributed by atoms with Crippen LogP contribution in [0.1, 0.15) is 11.1 Å². The highest BCUT2D eigenvalue weighted by molar-refractivity contribution is 5.91. The molecule has 124 valence electrons. The van der Waals surface area contributed by atoms with Crippen molar-refractivity contribution in [3.05, 3.63) is 77.6 Å². The van der Waals surface area contributed by atoms with Gasteiger partial charge in [-0.15, -0.1) is 0 Å². The summed E-state index contributed by atoms with van der Waals surface area (Å²) in [4.78, 5) is 16.5. The third-order valence-corrected chi connectivity index (χ3v) is 4.22. The molecule has 1 saturated heterocycles. The van der Waals surface area contributed by atoms with Crippen molar-refractivity contribution in [2.24, 2.45) is 0 Å². The van der Waals surface area contributed by atoms with Crippen LogP contribution in [-0.4, -0.2) is 41.9 Å². The van der Waals surface area contributed by atoms with Crippen molar-refractivity contribution in [2.75, 3.05) is 26.2 Å². The smallest absolute Gasteiger partial charge is 0.246 e. The molecule has 1 aliphatic heterocycles. The number of hydrogen-bond acceptors (Lipinski definition) is 2. The summed E-state index contributed by atoms with van der Waals surface area (Å²) in [5, 5.41) is 0. The van der Waals surface area contributed by atoms with Crippen LogP contribution in [0.5, 0.6) is 0 Å². The Hall–Kier alpha value is -2.46. The molecule has 1 fully saturated rings. The van der Waals surface area contributed by atoms with Gasteiger partial charge in [-0.2, -0.15) is 0 Å². The van der Waals surface area contributed by atoms with Gasteiger partial charge in [-0.1, -0.05) is 42.5 Å². The van der Waals surface area contributed by atoms with Crippen LogP contribution >= 0.6 is 0 Å². The number of rotatable bonds is 4. The van der Waals surface area contributed by atoms with Crippen molar-refractivity contribution in [3.63, 3.8) is 0 Å². The average molecular weight is 324 g/mol. The predicted octanol–water partition coefficient (Wildman–Crippen LogP) is 3.18. The van der Waals surface area contributed by atoms with Gasteiger partial charge in [-0.05, 0) is 29.3 Å². The molecule has 24 heavy (non-hydrogen) atoms. The van der Waals surface area contributed by atoms with Crippen molar-refractivity contribution in [1.29, 1.82) is 0 Å². The predicted molar refractivity (Wildman–Crippen MR) is 93.7 cm³/mol. The van der Waals surface area contributed by atoms with Crippen molar-refractivity contribution in [1.82, 2.24) is 9.80 Å². The molecule has 1 aliphatic rings. The van der Waals surface area contributed by atoms with Gasteiger partial charge < -0.3 is 4.90 Å². The molecule has 1 amide bonds. The number of hydrogen-bond donors (Lipinski definition) is 0. The fraction of sp³-hybridized carbons (Fsp3) is 0.250. The third-order valence-electron chi connectivity index (χ3n) is 4.22. The first kappa shape index (κ1) is 16.4. The van der Waals surface area contributed by atoms with Crippen molar-refractivity contribution in [2.45, 2.75) is 6.54 Å². The highest BCUT2D eigenvalue weighted by atomic mass is 19.1. The Kier molecular flexibility index (Phi) is 5.39. The molecular formula is C20H21FN2O. The molecule has 0 aromatic heterocycles. The maximum absolute atomic E-state index is 12.9. The normalized spacial score (nSPS) is 15.8. The average Bonchev–Trinajstić information content (AvgIpc) is 2.62. The van der Waals surface area contributed by atoms with Crippen LogP contribution in [0.25, 0.3) is 6.08 Å². The van der Waals surface area contributed by atoms with Gasteiger partial charge in [0.25, 0.3) is 0 Å². The molecule has 4 heteroatoms. The Bertz CT molecular complexity index is 689. The highest BCUT2D eigenvalue weighted by Crippen LogP contribution is 2.10. The van der Waals surface area contributed by atoms with Crippen LogP contribution in [0.2, 0.25) is 0 Å². The van der Waals surface area contributed by atoms with E-state index < -0.39 is 0 Å². The molecule has 3 nitrogen and oxygen atoms in total. The molecule has 0 saturated carbocycles. The summed E-state index contributed by atoms with van der Waals surface area (Å²) in [6.45, 7) is 4.16. The second-order valence-electron chi connectivity index (χ2n) is 5.97. The van der Waals surface area contributed by atoms with E-state index in [4.69, 9.17) is 0 Å². The molecule has 0 spiro atoms. The molecule has 2 aromatic carbocycles. The van der Waals surface area contributed by atoms with E-state index in [0.29, 0.717) is 0 Å². The molecule has 0 radical (unpaired) electrons. The van der Waals surface area contributed by atoms with E-state index in [9.17, 15) is 9.18 Å². The minimum Gasteiger partial charge on any atom is -0.337 e. The van der Waals surface area contributed by atoms with E-state index >= 15 is 0 Å². The van der Waals surface area contributed by atoms with Crippen molar-refractivity contribution >= 4 is 12.0 Å². The van der Waals surface area contributed by atoms with Gasteiger partial charge in [0, 0.05) is 38.8 Å². The van der Waals surface area contributed by atoms with E-state index in [2.05, 4.69) is 29.2 Å². The van der Waals surface area contributed by atoms with Crippen molar-refractivity contribution in [3.8, 4) is 0 Å². The number of amides is 1. The van der Waals surface area contributed by atoms with Crippen LogP contribution in [-0.2, 0) is 11.3 Å². The Morgan fingerprint density at radius 3 is 2.29 bits per heavy atom. The Balaban J connectivity index is 1.49. The molecular weight excluding hydrogens is 303 g/mol. The van der Waals surface area contributed by atoms with E-state index in [1.54, 1.807) is 24.3 Å². The summed E-state index contributed by atoms with van der Waals surface area (Å²) in [6.07, 6.45) is 3.30. The fourth-order valence-electron chi connectivity index (χ4n) is 2.81. The maximum Gasteiger partial charge on any atom is 0.246 e. The SMILES string of the molecule is O=C(/C=C\c1ccc(F)cc1)N1CCN(Cc2ccccc2)CC1. The second kappa shape index (κ2) is 7.88. The minimum absolute atomic E-state index is 0.0127. The number of benzene rings is 2. The van der Waals surface area contributed by atoms with Crippen LogP contribution in [0.15, 0.2) is 60.7 Å². The van der Waals surface area contributed by atoms with Gasteiger partial charge in [0.05, 0.1) is 0 Å². The summed E-state index contributed by atoms with van der Waals surface area (Å²) in [5.41, 5.74) is 2.13. The van der Waals surface area contributed by atoms with Crippen LogP contribution in [0.3, 0.4) is 0 Å². The molecule has 0 N–H and O–H groups in total. The topological polar surface area (TPSA) is 23.6 Å². The quantitative estimate of drug-likeness (QED) is 0.807. The number of carbonyl (C=O) groups excluding carboxylic acids is 1. The van der Waals surface area contributed by atoms with Gasteiger partial charge in [-0.3, -0.25) is 9.69 Å². The number of carbonyl (C=O) groups is 1. The summed E-state index contributed by atoms with van der Waals surface area (Å²) in [6, 6.07) is 16.5. The largest absolute Gasteiger partial charge is 0.337 e. The monoisotopic (exact) mass is 324 g/mol. The lowest BCUT2D eigenvalue weighted by atomic mass is 10.2. The van der Waals surface area contributed by atoms with Gasteiger partial charge >= 0.3 is 0 Å². The maximum atomic E-state index is 12.9. The van der Waals surface area contributed by atoms with E-state index in [1.807, 2.05) is 11.0 Å². The third kappa shape index (κ3) is 4.52. The molecule has 0 atom stereocenters. The Labute approximate surface area is 142 Å². The zero-order valence-corrected chi connectivity index (χ0v) is 13.6. The van der Waals surface area contributed by atoms with Crippen molar-refractivity contribution < 1.29 is 9.18 Å². The van der Waals surface area contributed by atoms with Crippen LogP contribution in [0, 0.1) is 5.82 Å². The minimum atomic E-state index is -0.270. The summed E-state index contributed by atoms with van der Waals surface area (Å²) in [5.74, 6) is -0.258. The summed E-state index contributed by atoms with van der Waals surface area (Å²) < 4.78 is 12.9. The Morgan fingerprint density at radius 1 is 0.958 bits per heavy atom. The van der Waals surface area contributed by atoms with Gasteiger partial charge in [0.1, 0.15) is 5.82 Å². The van der Waals surface area contributed by atoms with E-state index in [0.717, 1.165) is 38.3 Å². The number of halogens is 1. The zero-order valence-electron chi connectivity index (χ0n) is 13.6. The second-order valence-corrected chi connectivity index (χ2v) is 5.97. The van der Waals surface area contributed by atoms with E-state index in [-0.39, 0.29) is 11.7 Å². The molecule has 0 aliphatic carbocycles. The van der Waals surface area contributed by atoms with Crippen LogP contribution < -0.4 is 0 Å². The van der Waals surface area contributed by atoms with Gasteiger partial charge in [0.2, 0.25) is 5.91 Å². The first-order chi connectivity index (χ1) is 11.7. The summed E-state index contributed by atoms with van der Waals surface area (Å²) >= 11 is 0. The Morgan fingerprint density at radius 2 is 1.62 bits per heavy atom. The lowest BCUT2D eigenvalue weighted by Gasteiger charge is -2.34. The summed E-state index contributed by atoms with van der Waals surface area (Å²) in [7, 11) is 0. The number of piperazine rings is 1. The fourth-order valence-corrected chi connectivity index (χ4v) is 2.81. The first-order valence-corrected chi connectivity index (χ1v) is 8.19. The standard InChI is InChI=1S/C20H21FN2O/c21-19-9-6-17(7-10-19)8-11-20(24)23-14-12-22(13-15-23)16-18-4-2-1-3-5-18/h1-11H,12-16H2/b11-8-. The zero-order chi connectivity index (χ0) is 16.8. The number of nitrogens with zero attached hydrogens (tertiary/aromatic N) is 2. The molecule has 1 heterocycles. The van der Waals surface area contributed by atoms with Crippen LogP contribution in [0.4, 0.5) is 4.39 Å². The lowest BCUT2D eigenvalue weighted by molar-refractivity contribution is -0.127. The lowest BCUT2D eigenvalue weighted by Crippen LogP contribution is -2.47. The molecule has 0 bridgehead atoms. The molecule has 0 unspecified atom stereocenters. The van der Waals surface area contributed by atoms with Gasteiger partial charge in [-0.25, -0.2) is 4.39 Å². The first-order valence-electron chi connectivity index (χ1n) is 8.19. The molecule has 2 aromatic rings.